The van der Waals surface area contributed by atoms with Gasteiger partial charge in [0.15, 0.2) is 0 Å². The maximum absolute atomic E-state index is 12.2. The zero-order chi connectivity index (χ0) is 14.8. The van der Waals surface area contributed by atoms with E-state index in [1.165, 1.54) is 36.2 Å². The molecule has 0 unspecified atom stereocenters. The number of carbonyl (C=O) groups is 2. The second-order valence-corrected chi connectivity index (χ2v) is 6.20. The van der Waals surface area contributed by atoms with Gasteiger partial charge < -0.3 is 10.2 Å². The molecule has 2 N–H and O–H groups in total. The highest BCUT2D eigenvalue weighted by atomic mass is 32.2. The van der Waals surface area contributed by atoms with E-state index in [0.717, 1.165) is 0 Å². The van der Waals surface area contributed by atoms with Gasteiger partial charge in [-0.25, -0.2) is 13.1 Å². The average molecular weight is 297 g/mol. The van der Waals surface area contributed by atoms with Crippen molar-refractivity contribution in [2.75, 3.05) is 26.7 Å². The summed E-state index contributed by atoms with van der Waals surface area (Å²) >= 11 is 0. The lowest BCUT2D eigenvalue weighted by molar-refractivity contribution is -0.123. The van der Waals surface area contributed by atoms with Crippen LogP contribution in [0.4, 0.5) is 0 Å². The lowest BCUT2D eigenvalue weighted by Crippen LogP contribution is -2.49. The maximum atomic E-state index is 12.2. The molecule has 20 heavy (non-hydrogen) atoms. The Bertz CT molecular complexity index is 625. The molecule has 0 radical (unpaired) electrons. The standard InChI is InChI=1S/C12H15N3O4S/c1-13-20(18,19)10-4-2-9(3-5-10)12(17)15-7-6-14-11(16)8-15/h2-5,13H,6-8H2,1H3,(H,14,16). The third-order valence-electron chi connectivity index (χ3n) is 3.01. The van der Waals surface area contributed by atoms with E-state index in [9.17, 15) is 18.0 Å². The van der Waals surface area contributed by atoms with Crippen LogP contribution in [-0.2, 0) is 14.8 Å². The molecule has 1 fully saturated rings. The van der Waals surface area contributed by atoms with E-state index in [1.807, 2.05) is 0 Å². The predicted molar refractivity (Wildman–Crippen MR) is 71.6 cm³/mol. The highest BCUT2D eigenvalue weighted by molar-refractivity contribution is 7.89. The van der Waals surface area contributed by atoms with Crippen molar-refractivity contribution in [2.24, 2.45) is 0 Å². The number of hydrogen-bond donors (Lipinski definition) is 2. The first-order valence-corrected chi connectivity index (χ1v) is 7.52. The van der Waals surface area contributed by atoms with Crippen molar-refractivity contribution in [1.82, 2.24) is 14.9 Å². The summed E-state index contributed by atoms with van der Waals surface area (Å²) in [4.78, 5) is 24.9. The Hall–Kier alpha value is -1.93. The van der Waals surface area contributed by atoms with Crippen LogP contribution in [0.15, 0.2) is 29.2 Å². The molecule has 0 atom stereocenters. The van der Waals surface area contributed by atoms with Crippen molar-refractivity contribution in [1.29, 1.82) is 0 Å². The summed E-state index contributed by atoms with van der Waals surface area (Å²) < 4.78 is 25.3. The lowest BCUT2D eigenvalue weighted by atomic mass is 10.2. The van der Waals surface area contributed by atoms with Crippen molar-refractivity contribution < 1.29 is 18.0 Å². The van der Waals surface area contributed by atoms with Crippen LogP contribution in [0.5, 0.6) is 0 Å². The van der Waals surface area contributed by atoms with Crippen LogP contribution >= 0.6 is 0 Å². The van der Waals surface area contributed by atoms with Crippen molar-refractivity contribution in [3.8, 4) is 0 Å². The van der Waals surface area contributed by atoms with E-state index in [1.54, 1.807) is 0 Å². The zero-order valence-electron chi connectivity index (χ0n) is 10.9. The third kappa shape index (κ3) is 2.97. The first kappa shape index (κ1) is 14.5. The largest absolute Gasteiger partial charge is 0.353 e. The Kier molecular flexibility index (Phi) is 4.05. The van der Waals surface area contributed by atoms with E-state index in [4.69, 9.17) is 0 Å². The van der Waals surface area contributed by atoms with Crippen LogP contribution in [0, 0.1) is 0 Å². The monoisotopic (exact) mass is 297 g/mol. The number of hydrogen-bond acceptors (Lipinski definition) is 4. The Morgan fingerprint density at radius 2 is 1.95 bits per heavy atom. The van der Waals surface area contributed by atoms with Crippen LogP contribution in [0.1, 0.15) is 10.4 Å². The van der Waals surface area contributed by atoms with Crippen LogP contribution in [-0.4, -0.2) is 51.8 Å². The Labute approximate surface area is 117 Å². The van der Waals surface area contributed by atoms with Gasteiger partial charge in [0.1, 0.15) is 0 Å². The molecule has 2 amide bonds. The Morgan fingerprint density at radius 1 is 1.30 bits per heavy atom. The van der Waals surface area contributed by atoms with Gasteiger partial charge in [-0.15, -0.1) is 0 Å². The normalized spacial score (nSPS) is 15.8. The van der Waals surface area contributed by atoms with E-state index in [-0.39, 0.29) is 23.3 Å². The predicted octanol–water partition coefficient (Wildman–Crippen LogP) is -0.833. The number of nitrogens with one attached hydrogen (secondary N) is 2. The van der Waals surface area contributed by atoms with Gasteiger partial charge in [-0.05, 0) is 31.3 Å². The minimum absolute atomic E-state index is 0.0232. The zero-order valence-corrected chi connectivity index (χ0v) is 11.7. The van der Waals surface area contributed by atoms with Crippen molar-refractivity contribution in [3.05, 3.63) is 29.8 Å². The molecule has 0 bridgehead atoms. The van der Waals surface area contributed by atoms with Crippen molar-refractivity contribution >= 4 is 21.8 Å². The fraction of sp³-hybridized carbons (Fsp3) is 0.333. The van der Waals surface area contributed by atoms with Gasteiger partial charge in [-0.3, -0.25) is 9.59 Å². The molecule has 7 nitrogen and oxygen atoms in total. The number of nitrogens with zero attached hydrogens (tertiary/aromatic N) is 1. The van der Waals surface area contributed by atoms with Gasteiger partial charge in [-0.1, -0.05) is 0 Å². The van der Waals surface area contributed by atoms with Gasteiger partial charge in [0.25, 0.3) is 5.91 Å². The van der Waals surface area contributed by atoms with Gasteiger partial charge in [0.2, 0.25) is 15.9 Å². The summed E-state index contributed by atoms with van der Waals surface area (Å²) in [6.45, 7) is 0.896. The highest BCUT2D eigenvalue weighted by Gasteiger charge is 2.22. The summed E-state index contributed by atoms with van der Waals surface area (Å²) in [5, 5.41) is 2.63. The molecule has 8 heteroatoms. The molecule has 1 aromatic carbocycles. The van der Waals surface area contributed by atoms with E-state index < -0.39 is 10.0 Å². The van der Waals surface area contributed by atoms with Crippen LogP contribution in [0.3, 0.4) is 0 Å². The first-order valence-electron chi connectivity index (χ1n) is 6.03. The maximum Gasteiger partial charge on any atom is 0.254 e. The second-order valence-electron chi connectivity index (χ2n) is 4.31. The molecule has 1 saturated heterocycles. The molecule has 1 aromatic rings. The SMILES string of the molecule is CNS(=O)(=O)c1ccc(C(=O)N2CCNC(=O)C2)cc1. The van der Waals surface area contributed by atoms with Crippen molar-refractivity contribution in [2.45, 2.75) is 4.90 Å². The molecule has 2 rings (SSSR count). The molecule has 1 aliphatic heterocycles. The topological polar surface area (TPSA) is 95.6 Å². The van der Waals surface area contributed by atoms with E-state index in [0.29, 0.717) is 18.7 Å². The van der Waals surface area contributed by atoms with Crippen LogP contribution in [0.2, 0.25) is 0 Å². The van der Waals surface area contributed by atoms with Crippen LogP contribution in [0.25, 0.3) is 0 Å². The minimum atomic E-state index is -3.51. The fourth-order valence-corrected chi connectivity index (χ4v) is 2.62. The number of piperazine rings is 1. The number of sulfonamides is 1. The van der Waals surface area contributed by atoms with Gasteiger partial charge in [-0.2, -0.15) is 0 Å². The fourth-order valence-electron chi connectivity index (χ4n) is 1.89. The molecule has 0 aromatic heterocycles. The number of amides is 2. The first-order chi connectivity index (χ1) is 9.44. The molecule has 108 valence electrons. The van der Waals surface area contributed by atoms with Gasteiger partial charge >= 0.3 is 0 Å². The third-order valence-corrected chi connectivity index (χ3v) is 4.44. The Morgan fingerprint density at radius 3 is 2.50 bits per heavy atom. The van der Waals surface area contributed by atoms with Crippen molar-refractivity contribution in [3.63, 3.8) is 0 Å². The Balaban J connectivity index is 2.18. The second kappa shape index (κ2) is 5.59. The lowest BCUT2D eigenvalue weighted by Gasteiger charge is -2.26. The highest BCUT2D eigenvalue weighted by Crippen LogP contribution is 2.12. The molecule has 1 heterocycles. The summed E-state index contributed by atoms with van der Waals surface area (Å²) in [6.07, 6.45) is 0. The number of carbonyl (C=O) groups excluding carboxylic acids is 2. The van der Waals surface area contributed by atoms with Crippen LogP contribution < -0.4 is 10.0 Å². The molecular weight excluding hydrogens is 282 g/mol. The van der Waals surface area contributed by atoms with E-state index >= 15 is 0 Å². The summed E-state index contributed by atoms with van der Waals surface area (Å²) in [5.41, 5.74) is 0.356. The molecular formula is C12H15N3O4S. The van der Waals surface area contributed by atoms with E-state index in [2.05, 4.69) is 10.0 Å². The average Bonchev–Trinajstić information content (AvgIpc) is 2.46. The summed E-state index contributed by atoms with van der Waals surface area (Å²) in [5.74, 6) is -0.479. The number of rotatable bonds is 3. The van der Waals surface area contributed by atoms with Gasteiger partial charge in [0, 0.05) is 18.7 Å². The molecule has 0 saturated carbocycles. The van der Waals surface area contributed by atoms with Gasteiger partial charge in [0.05, 0.1) is 11.4 Å². The molecule has 1 aliphatic rings. The molecule has 0 spiro atoms. The quantitative estimate of drug-likeness (QED) is 0.761. The minimum Gasteiger partial charge on any atom is -0.353 e. The smallest absolute Gasteiger partial charge is 0.254 e. The molecule has 0 aliphatic carbocycles. The number of benzene rings is 1. The summed E-state index contributed by atoms with van der Waals surface area (Å²) in [7, 11) is -2.19. The summed E-state index contributed by atoms with van der Waals surface area (Å²) in [6, 6.07) is 5.62.